The molecule has 1 rings (SSSR count). The SMILES string of the molecule is CNC(=O)CCN1CC[C@H](CC(C)C)C1. The van der Waals surface area contributed by atoms with Crippen molar-refractivity contribution in [1.82, 2.24) is 10.2 Å². The van der Waals surface area contributed by atoms with E-state index in [1.54, 1.807) is 7.05 Å². The molecule has 1 aliphatic heterocycles. The minimum absolute atomic E-state index is 0.155. The Balaban J connectivity index is 2.16. The molecule has 1 N–H and O–H groups in total. The van der Waals surface area contributed by atoms with Gasteiger partial charge in [-0.2, -0.15) is 0 Å². The van der Waals surface area contributed by atoms with Gasteiger partial charge in [0.05, 0.1) is 0 Å². The first-order valence-electron chi connectivity index (χ1n) is 6.04. The molecule has 0 bridgehead atoms. The lowest BCUT2D eigenvalue weighted by atomic mass is 9.97. The van der Waals surface area contributed by atoms with Gasteiger partial charge in [0.1, 0.15) is 0 Å². The van der Waals surface area contributed by atoms with Gasteiger partial charge in [0.2, 0.25) is 5.91 Å². The molecule has 3 heteroatoms. The third-order valence-corrected chi connectivity index (χ3v) is 3.11. The first kappa shape index (κ1) is 12.5. The zero-order valence-corrected chi connectivity index (χ0v) is 10.3. The normalized spacial score (nSPS) is 22.3. The summed E-state index contributed by atoms with van der Waals surface area (Å²) in [5.74, 6) is 1.81. The molecule has 0 spiro atoms. The highest BCUT2D eigenvalue weighted by Gasteiger charge is 2.22. The van der Waals surface area contributed by atoms with E-state index < -0.39 is 0 Å². The van der Waals surface area contributed by atoms with Crippen LogP contribution in [0.3, 0.4) is 0 Å². The second kappa shape index (κ2) is 6.11. The molecule has 1 fully saturated rings. The average molecular weight is 212 g/mol. The minimum Gasteiger partial charge on any atom is -0.359 e. The molecule has 0 saturated carbocycles. The lowest BCUT2D eigenvalue weighted by Crippen LogP contribution is -2.27. The van der Waals surface area contributed by atoms with Crippen molar-refractivity contribution in [3.63, 3.8) is 0 Å². The zero-order chi connectivity index (χ0) is 11.3. The Bertz CT molecular complexity index is 204. The summed E-state index contributed by atoms with van der Waals surface area (Å²) in [6, 6.07) is 0. The van der Waals surface area contributed by atoms with Crippen molar-refractivity contribution in [2.45, 2.75) is 33.1 Å². The number of likely N-dealkylation sites (tertiary alicyclic amines) is 1. The van der Waals surface area contributed by atoms with Crippen molar-refractivity contribution < 1.29 is 4.79 Å². The van der Waals surface area contributed by atoms with Crippen molar-refractivity contribution in [2.24, 2.45) is 11.8 Å². The van der Waals surface area contributed by atoms with Crippen LogP contribution in [0.5, 0.6) is 0 Å². The van der Waals surface area contributed by atoms with Crippen LogP contribution in [0.25, 0.3) is 0 Å². The van der Waals surface area contributed by atoms with Crippen LogP contribution >= 0.6 is 0 Å². The Morgan fingerprint density at radius 2 is 2.27 bits per heavy atom. The van der Waals surface area contributed by atoms with Gasteiger partial charge in [0.25, 0.3) is 0 Å². The Hall–Kier alpha value is -0.570. The smallest absolute Gasteiger partial charge is 0.221 e. The summed E-state index contributed by atoms with van der Waals surface area (Å²) in [5, 5.41) is 2.67. The number of hydrogen-bond acceptors (Lipinski definition) is 2. The summed E-state index contributed by atoms with van der Waals surface area (Å²) in [6.45, 7) is 7.86. The van der Waals surface area contributed by atoms with Gasteiger partial charge >= 0.3 is 0 Å². The molecule has 1 atom stereocenters. The van der Waals surface area contributed by atoms with Gasteiger partial charge in [-0.05, 0) is 31.2 Å². The van der Waals surface area contributed by atoms with Crippen LogP contribution in [0, 0.1) is 11.8 Å². The number of carbonyl (C=O) groups excluding carboxylic acids is 1. The highest BCUT2D eigenvalue weighted by molar-refractivity contribution is 5.75. The van der Waals surface area contributed by atoms with E-state index in [1.807, 2.05) is 0 Å². The van der Waals surface area contributed by atoms with Gasteiger partial charge in [0, 0.05) is 26.6 Å². The Morgan fingerprint density at radius 1 is 1.53 bits per heavy atom. The maximum absolute atomic E-state index is 11.1. The van der Waals surface area contributed by atoms with E-state index in [-0.39, 0.29) is 5.91 Å². The molecule has 88 valence electrons. The molecular formula is C12H24N2O. The molecule has 3 nitrogen and oxygen atoms in total. The van der Waals surface area contributed by atoms with Crippen LogP contribution in [0.2, 0.25) is 0 Å². The summed E-state index contributed by atoms with van der Waals surface area (Å²) >= 11 is 0. The maximum atomic E-state index is 11.1. The van der Waals surface area contributed by atoms with Crippen molar-refractivity contribution >= 4 is 5.91 Å². The van der Waals surface area contributed by atoms with Gasteiger partial charge in [-0.25, -0.2) is 0 Å². The highest BCUT2D eigenvalue weighted by atomic mass is 16.1. The van der Waals surface area contributed by atoms with Crippen LogP contribution in [0.15, 0.2) is 0 Å². The molecule has 0 aromatic carbocycles. The predicted octanol–water partition coefficient (Wildman–Crippen LogP) is 1.49. The van der Waals surface area contributed by atoms with Crippen molar-refractivity contribution in [2.75, 3.05) is 26.7 Å². The topological polar surface area (TPSA) is 32.3 Å². The predicted molar refractivity (Wildman–Crippen MR) is 62.7 cm³/mol. The molecule has 1 saturated heterocycles. The van der Waals surface area contributed by atoms with E-state index in [0.29, 0.717) is 6.42 Å². The minimum atomic E-state index is 0.155. The standard InChI is InChI=1S/C12H24N2O/c1-10(2)8-11-4-6-14(9-11)7-5-12(15)13-3/h10-11H,4-9H2,1-3H3,(H,13,15)/t11-/m1/s1. The molecule has 0 aromatic heterocycles. The first-order chi connectivity index (χ1) is 7.11. The molecule has 0 aliphatic carbocycles. The van der Waals surface area contributed by atoms with E-state index >= 15 is 0 Å². The van der Waals surface area contributed by atoms with Gasteiger partial charge in [-0.3, -0.25) is 4.79 Å². The summed E-state index contributed by atoms with van der Waals surface area (Å²) in [4.78, 5) is 13.5. The molecule has 15 heavy (non-hydrogen) atoms. The molecular weight excluding hydrogens is 188 g/mol. The number of nitrogens with one attached hydrogen (secondary N) is 1. The van der Waals surface area contributed by atoms with Crippen LogP contribution in [0.4, 0.5) is 0 Å². The molecule has 0 aromatic rings. The fourth-order valence-corrected chi connectivity index (χ4v) is 2.36. The monoisotopic (exact) mass is 212 g/mol. The van der Waals surface area contributed by atoms with Crippen molar-refractivity contribution in [3.05, 3.63) is 0 Å². The lowest BCUT2D eigenvalue weighted by molar-refractivity contribution is -0.120. The van der Waals surface area contributed by atoms with Gasteiger partial charge < -0.3 is 10.2 Å². The van der Waals surface area contributed by atoms with Gasteiger partial charge in [-0.1, -0.05) is 13.8 Å². The second-order valence-corrected chi connectivity index (χ2v) is 5.01. The van der Waals surface area contributed by atoms with E-state index in [4.69, 9.17) is 0 Å². The van der Waals surface area contributed by atoms with Crippen LogP contribution < -0.4 is 5.32 Å². The Morgan fingerprint density at radius 3 is 2.87 bits per heavy atom. The molecule has 1 amide bonds. The summed E-state index contributed by atoms with van der Waals surface area (Å²) in [7, 11) is 1.70. The number of amides is 1. The van der Waals surface area contributed by atoms with Gasteiger partial charge in [-0.15, -0.1) is 0 Å². The lowest BCUT2D eigenvalue weighted by Gasteiger charge is -2.16. The number of rotatable bonds is 5. The van der Waals surface area contributed by atoms with E-state index in [9.17, 15) is 4.79 Å². The largest absolute Gasteiger partial charge is 0.359 e. The van der Waals surface area contributed by atoms with E-state index in [2.05, 4.69) is 24.1 Å². The van der Waals surface area contributed by atoms with E-state index in [1.165, 1.54) is 25.9 Å². The highest BCUT2D eigenvalue weighted by Crippen LogP contribution is 2.22. The fourth-order valence-electron chi connectivity index (χ4n) is 2.36. The molecule has 0 radical (unpaired) electrons. The second-order valence-electron chi connectivity index (χ2n) is 5.01. The maximum Gasteiger partial charge on any atom is 0.221 e. The summed E-state index contributed by atoms with van der Waals surface area (Å²) < 4.78 is 0. The van der Waals surface area contributed by atoms with Crippen molar-refractivity contribution in [1.29, 1.82) is 0 Å². The van der Waals surface area contributed by atoms with Crippen molar-refractivity contribution in [3.8, 4) is 0 Å². The zero-order valence-electron chi connectivity index (χ0n) is 10.3. The third kappa shape index (κ3) is 4.65. The Kier molecular flexibility index (Phi) is 5.09. The number of carbonyl (C=O) groups is 1. The quantitative estimate of drug-likeness (QED) is 0.749. The third-order valence-electron chi connectivity index (χ3n) is 3.11. The van der Waals surface area contributed by atoms with E-state index in [0.717, 1.165) is 18.4 Å². The number of nitrogens with zero attached hydrogens (tertiary/aromatic N) is 1. The molecule has 1 heterocycles. The summed E-state index contributed by atoms with van der Waals surface area (Å²) in [6.07, 6.45) is 3.29. The van der Waals surface area contributed by atoms with Crippen LogP contribution in [-0.4, -0.2) is 37.5 Å². The average Bonchev–Trinajstić information content (AvgIpc) is 2.61. The van der Waals surface area contributed by atoms with Gasteiger partial charge in [0.15, 0.2) is 0 Å². The molecule has 1 aliphatic rings. The van der Waals surface area contributed by atoms with Crippen LogP contribution in [-0.2, 0) is 4.79 Å². The fraction of sp³-hybridized carbons (Fsp3) is 0.917. The first-order valence-corrected chi connectivity index (χ1v) is 6.04. The van der Waals surface area contributed by atoms with Crippen LogP contribution in [0.1, 0.15) is 33.1 Å². The Labute approximate surface area is 93.2 Å². The number of hydrogen-bond donors (Lipinski definition) is 1. The summed E-state index contributed by atoms with van der Waals surface area (Å²) in [5.41, 5.74) is 0. The molecule has 0 unspecified atom stereocenters.